The van der Waals surface area contributed by atoms with Crippen LogP contribution in [0.3, 0.4) is 0 Å². The van der Waals surface area contributed by atoms with Crippen LogP contribution in [0.15, 0.2) is 22.9 Å². The maximum absolute atomic E-state index is 12.5. The van der Waals surface area contributed by atoms with Crippen molar-refractivity contribution in [3.8, 4) is 5.82 Å². The first kappa shape index (κ1) is 14.8. The Labute approximate surface area is 123 Å². The van der Waals surface area contributed by atoms with Gasteiger partial charge in [-0.25, -0.2) is 14.5 Å². The van der Waals surface area contributed by atoms with Gasteiger partial charge in [0.05, 0.1) is 10.6 Å². The summed E-state index contributed by atoms with van der Waals surface area (Å²) in [5.41, 5.74) is -1.32. The molecule has 20 heavy (non-hydrogen) atoms. The summed E-state index contributed by atoms with van der Waals surface area (Å²) in [6.45, 7) is 0. The number of halogens is 5. The quantitative estimate of drug-likeness (QED) is 0.880. The lowest BCUT2D eigenvalue weighted by atomic mass is 10.3. The fourth-order valence-corrected chi connectivity index (χ4v) is 2.03. The maximum atomic E-state index is 12.5. The summed E-state index contributed by atoms with van der Waals surface area (Å²) in [5, 5.41) is 12.4. The second-order valence-electron chi connectivity index (χ2n) is 3.60. The van der Waals surface area contributed by atoms with Crippen molar-refractivity contribution < 1.29 is 23.1 Å². The Morgan fingerprint density at radius 3 is 2.55 bits per heavy atom. The normalized spacial score (nSPS) is 11.7. The van der Waals surface area contributed by atoms with E-state index in [2.05, 4.69) is 26.0 Å². The molecule has 0 spiro atoms. The number of aromatic nitrogens is 3. The first-order chi connectivity index (χ1) is 9.20. The maximum Gasteiger partial charge on any atom is 0.417 e. The van der Waals surface area contributed by atoms with Crippen LogP contribution in [0.4, 0.5) is 13.2 Å². The molecule has 2 aromatic heterocycles. The van der Waals surface area contributed by atoms with Crippen molar-refractivity contribution in [3.63, 3.8) is 0 Å². The molecule has 0 fully saturated rings. The summed E-state index contributed by atoms with van der Waals surface area (Å²) in [5.74, 6) is -1.52. The number of pyridine rings is 1. The van der Waals surface area contributed by atoms with E-state index in [0.717, 1.165) is 4.68 Å². The Morgan fingerprint density at radius 1 is 1.40 bits per heavy atom. The van der Waals surface area contributed by atoms with Crippen LogP contribution in [0.5, 0.6) is 0 Å². The van der Waals surface area contributed by atoms with E-state index in [-0.39, 0.29) is 21.1 Å². The van der Waals surface area contributed by atoms with Crippen molar-refractivity contribution in [3.05, 3.63) is 39.2 Å². The number of hydrogen-bond acceptors (Lipinski definition) is 3. The van der Waals surface area contributed by atoms with Crippen LogP contribution in [-0.2, 0) is 6.18 Å². The van der Waals surface area contributed by atoms with E-state index < -0.39 is 17.7 Å². The van der Waals surface area contributed by atoms with E-state index in [1.165, 1.54) is 6.07 Å². The van der Waals surface area contributed by atoms with Crippen molar-refractivity contribution in [2.75, 3.05) is 0 Å². The molecule has 0 unspecified atom stereocenters. The molecule has 0 bridgehead atoms. The lowest BCUT2D eigenvalue weighted by molar-refractivity contribution is -0.137. The topological polar surface area (TPSA) is 68.0 Å². The minimum atomic E-state index is -4.59. The lowest BCUT2D eigenvalue weighted by Gasteiger charge is -2.09. The predicted molar refractivity (Wildman–Crippen MR) is 66.0 cm³/mol. The van der Waals surface area contributed by atoms with Crippen molar-refractivity contribution >= 4 is 33.5 Å². The van der Waals surface area contributed by atoms with Gasteiger partial charge in [0.25, 0.3) is 0 Å². The summed E-state index contributed by atoms with van der Waals surface area (Å²) >= 11 is 8.70. The number of carboxylic acid groups (broad SMARTS) is 1. The van der Waals surface area contributed by atoms with Crippen LogP contribution in [-0.4, -0.2) is 25.8 Å². The Hall–Kier alpha value is -1.61. The van der Waals surface area contributed by atoms with Crippen LogP contribution in [0, 0.1) is 0 Å². The van der Waals surface area contributed by atoms with Crippen molar-refractivity contribution in [2.45, 2.75) is 6.18 Å². The molecule has 0 aliphatic carbocycles. The Balaban J connectivity index is 2.57. The molecule has 0 amide bonds. The van der Waals surface area contributed by atoms with Crippen molar-refractivity contribution in [2.24, 2.45) is 0 Å². The monoisotopic (exact) mass is 369 g/mol. The molecule has 0 aromatic carbocycles. The highest BCUT2D eigenvalue weighted by Gasteiger charge is 2.32. The largest absolute Gasteiger partial charge is 0.477 e. The van der Waals surface area contributed by atoms with Gasteiger partial charge in [0.2, 0.25) is 0 Å². The number of carboxylic acids is 1. The highest BCUT2D eigenvalue weighted by Crippen LogP contribution is 2.32. The Morgan fingerprint density at radius 2 is 2.05 bits per heavy atom. The second-order valence-corrected chi connectivity index (χ2v) is 4.82. The second kappa shape index (κ2) is 5.06. The predicted octanol–water partition coefficient (Wildman–Crippen LogP) is 3.40. The molecular weight excluding hydrogens is 366 g/mol. The third kappa shape index (κ3) is 2.78. The summed E-state index contributed by atoms with van der Waals surface area (Å²) in [7, 11) is 0. The third-order valence-electron chi connectivity index (χ3n) is 2.25. The number of hydrogen-bond donors (Lipinski definition) is 1. The van der Waals surface area contributed by atoms with E-state index >= 15 is 0 Å². The van der Waals surface area contributed by atoms with E-state index in [9.17, 15) is 18.0 Å². The van der Waals surface area contributed by atoms with Crippen LogP contribution >= 0.6 is 27.5 Å². The van der Waals surface area contributed by atoms with Gasteiger partial charge >= 0.3 is 12.1 Å². The average molecular weight is 371 g/mol. The van der Waals surface area contributed by atoms with Crippen LogP contribution in [0.1, 0.15) is 16.1 Å². The zero-order valence-electron chi connectivity index (χ0n) is 9.32. The fraction of sp³-hybridized carbons (Fsp3) is 0.100. The van der Waals surface area contributed by atoms with Gasteiger partial charge in [-0.05, 0) is 22.0 Å². The number of rotatable bonds is 2. The number of alkyl halides is 3. The van der Waals surface area contributed by atoms with Gasteiger partial charge in [0, 0.05) is 12.3 Å². The van der Waals surface area contributed by atoms with Crippen molar-refractivity contribution in [1.29, 1.82) is 0 Å². The van der Waals surface area contributed by atoms with Gasteiger partial charge in [-0.2, -0.15) is 18.3 Å². The number of nitrogens with zero attached hydrogens (tertiary/aromatic N) is 3. The smallest absolute Gasteiger partial charge is 0.417 e. The molecule has 0 saturated heterocycles. The minimum absolute atomic E-state index is 0.188. The van der Waals surface area contributed by atoms with Gasteiger partial charge in [0.15, 0.2) is 11.5 Å². The van der Waals surface area contributed by atoms with Gasteiger partial charge in [-0.15, -0.1) is 0 Å². The van der Waals surface area contributed by atoms with Gasteiger partial charge < -0.3 is 5.11 Å². The van der Waals surface area contributed by atoms with E-state index in [1.807, 2.05) is 0 Å². The Kier molecular flexibility index (Phi) is 3.74. The average Bonchev–Trinajstić information content (AvgIpc) is 2.70. The minimum Gasteiger partial charge on any atom is -0.477 e. The van der Waals surface area contributed by atoms with Gasteiger partial charge in [0.1, 0.15) is 4.60 Å². The zero-order valence-corrected chi connectivity index (χ0v) is 11.7. The first-order valence-corrected chi connectivity index (χ1v) is 6.09. The van der Waals surface area contributed by atoms with Gasteiger partial charge in [-0.1, -0.05) is 11.6 Å². The molecule has 2 aromatic rings. The van der Waals surface area contributed by atoms with Crippen LogP contribution in [0.25, 0.3) is 5.82 Å². The molecule has 0 saturated carbocycles. The standard InChI is InChI=1S/C10H4BrClF3N3O2/c11-7-2-6(9(19)20)18(17-7)8-5(12)1-4(3-16-8)10(13,14)15/h1-3H,(H,19,20). The highest BCUT2D eigenvalue weighted by atomic mass is 79.9. The van der Waals surface area contributed by atoms with Crippen LogP contribution < -0.4 is 0 Å². The molecule has 2 heterocycles. The molecular formula is C10H4BrClF3N3O2. The van der Waals surface area contributed by atoms with E-state index in [4.69, 9.17) is 16.7 Å². The molecule has 5 nitrogen and oxygen atoms in total. The molecule has 106 valence electrons. The van der Waals surface area contributed by atoms with E-state index in [0.29, 0.717) is 12.3 Å². The number of carbonyl (C=O) groups is 1. The Bertz CT molecular complexity index is 687. The van der Waals surface area contributed by atoms with Crippen LogP contribution in [0.2, 0.25) is 5.02 Å². The fourth-order valence-electron chi connectivity index (χ4n) is 1.41. The molecule has 0 radical (unpaired) electrons. The van der Waals surface area contributed by atoms with E-state index in [1.54, 1.807) is 0 Å². The van der Waals surface area contributed by atoms with Gasteiger partial charge in [-0.3, -0.25) is 0 Å². The van der Waals surface area contributed by atoms with Crippen molar-refractivity contribution in [1.82, 2.24) is 14.8 Å². The number of aromatic carboxylic acids is 1. The first-order valence-electron chi connectivity index (χ1n) is 4.92. The molecule has 0 atom stereocenters. The highest BCUT2D eigenvalue weighted by molar-refractivity contribution is 9.10. The molecule has 2 rings (SSSR count). The molecule has 0 aliphatic rings. The molecule has 10 heteroatoms. The summed E-state index contributed by atoms with van der Waals surface area (Å²) in [4.78, 5) is 14.5. The molecule has 0 aliphatic heterocycles. The summed E-state index contributed by atoms with van der Waals surface area (Å²) in [6, 6.07) is 1.84. The molecule has 1 N–H and O–H groups in total. The lowest BCUT2D eigenvalue weighted by Crippen LogP contribution is -2.12. The zero-order chi connectivity index (χ0) is 15.1. The third-order valence-corrected chi connectivity index (χ3v) is 2.91. The SMILES string of the molecule is O=C(O)c1cc(Br)nn1-c1ncc(C(F)(F)F)cc1Cl. The summed E-state index contributed by atoms with van der Waals surface area (Å²) in [6.07, 6.45) is -4.03. The summed E-state index contributed by atoms with van der Waals surface area (Å²) < 4.78 is 38.5.